The molecule has 31 heavy (non-hydrogen) atoms. The highest BCUT2D eigenvalue weighted by Gasteiger charge is 2.60. The monoisotopic (exact) mass is 473 g/mol. The van der Waals surface area contributed by atoms with Crippen molar-refractivity contribution in [2.24, 2.45) is 11.8 Å². The molecule has 0 aromatic carbocycles. The zero-order valence-corrected chi connectivity index (χ0v) is 19.4. The second-order valence-corrected chi connectivity index (χ2v) is 10.7. The summed E-state index contributed by atoms with van der Waals surface area (Å²) >= 11 is 3.24. The normalized spacial score (nSPS) is 30.9. The van der Waals surface area contributed by atoms with Crippen molar-refractivity contribution in [3.63, 3.8) is 0 Å². The van der Waals surface area contributed by atoms with Crippen LogP contribution in [0.15, 0.2) is 10.6 Å². The molecule has 5 N–H and O–H groups in total. The van der Waals surface area contributed by atoms with Crippen LogP contribution in [0, 0.1) is 11.8 Å². The molecule has 11 heteroatoms. The first-order chi connectivity index (χ1) is 14.8. The summed E-state index contributed by atoms with van der Waals surface area (Å²) in [5.74, 6) is -0.539. The molecule has 3 heterocycles. The van der Waals surface area contributed by atoms with Crippen LogP contribution in [-0.4, -0.2) is 92.6 Å². The molecule has 0 radical (unpaired) electrons. The molecular weight excluding hydrogens is 442 g/mol. The Bertz CT molecular complexity index is 746. The molecule has 3 rings (SSSR count). The van der Waals surface area contributed by atoms with Crippen LogP contribution in [0.4, 0.5) is 0 Å². The fourth-order valence-corrected chi connectivity index (χ4v) is 7.08. The maximum Gasteiger partial charge on any atom is 0.353 e. The van der Waals surface area contributed by atoms with Crippen molar-refractivity contribution >= 4 is 41.3 Å². The van der Waals surface area contributed by atoms with Crippen LogP contribution in [0.25, 0.3) is 0 Å². The molecule has 174 valence electrons. The second-order valence-electron chi connectivity index (χ2n) is 8.25. The van der Waals surface area contributed by atoms with Gasteiger partial charge in [0.25, 0.3) is 0 Å². The number of nitrogens with zero attached hydrogens (tertiary/aromatic N) is 1. The zero-order valence-electron chi connectivity index (χ0n) is 17.7. The van der Waals surface area contributed by atoms with Gasteiger partial charge in [0.2, 0.25) is 11.8 Å². The molecule has 3 aliphatic heterocycles. The van der Waals surface area contributed by atoms with Gasteiger partial charge in [0.1, 0.15) is 5.70 Å². The first-order valence-electron chi connectivity index (χ1n) is 10.6. The number of carbonyl (C=O) groups excluding carboxylic acids is 2. The Morgan fingerprint density at radius 2 is 2.13 bits per heavy atom. The van der Waals surface area contributed by atoms with Gasteiger partial charge in [-0.05, 0) is 13.3 Å². The van der Waals surface area contributed by atoms with E-state index in [1.807, 2.05) is 6.92 Å². The quantitative estimate of drug-likeness (QED) is 0.204. The van der Waals surface area contributed by atoms with Gasteiger partial charge in [-0.15, -0.1) is 11.8 Å². The highest BCUT2D eigenvalue weighted by Crippen LogP contribution is 2.51. The summed E-state index contributed by atoms with van der Waals surface area (Å²) in [5, 5.41) is 34.7. The van der Waals surface area contributed by atoms with Gasteiger partial charge in [-0.25, -0.2) is 4.79 Å². The number of β-lactam (4-membered cyclic amide) rings is 1. The molecule has 2 fully saturated rings. The summed E-state index contributed by atoms with van der Waals surface area (Å²) in [6, 6.07) is 0.0104. The van der Waals surface area contributed by atoms with Crippen LogP contribution in [0.2, 0.25) is 0 Å². The maximum absolute atomic E-state index is 12.4. The topological polar surface area (TPSA) is 139 Å². The highest BCUT2D eigenvalue weighted by molar-refractivity contribution is 8.03. The van der Waals surface area contributed by atoms with Crippen LogP contribution in [0.1, 0.15) is 26.7 Å². The number of fused-ring (bicyclic) bond motifs is 1. The average Bonchev–Trinajstić information content (AvgIpc) is 3.25. The largest absolute Gasteiger partial charge is 0.477 e. The number of amides is 2. The minimum atomic E-state index is -1.09. The van der Waals surface area contributed by atoms with Gasteiger partial charge in [0, 0.05) is 53.1 Å². The fraction of sp³-hybridized carbons (Fsp3) is 0.750. The van der Waals surface area contributed by atoms with Crippen LogP contribution in [0.5, 0.6) is 0 Å². The summed E-state index contributed by atoms with van der Waals surface area (Å²) in [5.41, 5.74) is 0.0797. The van der Waals surface area contributed by atoms with E-state index in [1.165, 1.54) is 4.90 Å². The third-order valence-electron chi connectivity index (χ3n) is 6.01. The van der Waals surface area contributed by atoms with Crippen LogP contribution < -0.4 is 10.6 Å². The van der Waals surface area contributed by atoms with E-state index in [2.05, 4.69) is 10.6 Å². The number of nitrogens with one attached hydrogen (secondary N) is 2. The van der Waals surface area contributed by atoms with Gasteiger partial charge in [-0.3, -0.25) is 9.59 Å². The molecule has 0 unspecified atom stereocenters. The minimum Gasteiger partial charge on any atom is -0.477 e. The Morgan fingerprint density at radius 3 is 2.77 bits per heavy atom. The van der Waals surface area contributed by atoms with Crippen LogP contribution >= 0.6 is 23.5 Å². The summed E-state index contributed by atoms with van der Waals surface area (Å²) in [7, 11) is 0. The molecular formula is C20H31N3O6S2. The lowest BCUT2D eigenvalue weighted by molar-refractivity contribution is -0.163. The summed E-state index contributed by atoms with van der Waals surface area (Å²) < 4.78 is 0. The first kappa shape index (κ1) is 24.4. The van der Waals surface area contributed by atoms with Crippen molar-refractivity contribution in [2.45, 2.75) is 50.1 Å². The lowest BCUT2D eigenvalue weighted by atomic mass is 9.79. The molecule has 0 aromatic rings. The Balaban J connectivity index is 1.51. The zero-order chi connectivity index (χ0) is 22.7. The Labute approximate surface area is 190 Å². The summed E-state index contributed by atoms with van der Waals surface area (Å²) in [4.78, 5) is 38.0. The Kier molecular flexibility index (Phi) is 8.31. The molecule has 3 aliphatic rings. The van der Waals surface area contributed by atoms with Gasteiger partial charge in [0.05, 0.1) is 24.7 Å². The molecule has 0 aromatic heterocycles. The number of hydrogen-bond acceptors (Lipinski definition) is 8. The van der Waals surface area contributed by atoms with Gasteiger partial charge in [-0.1, -0.05) is 6.92 Å². The number of aliphatic hydroxyl groups excluding tert-OH is 2. The predicted molar refractivity (Wildman–Crippen MR) is 119 cm³/mol. The molecule has 0 aliphatic carbocycles. The lowest BCUT2D eigenvalue weighted by Crippen LogP contribution is -2.63. The van der Waals surface area contributed by atoms with E-state index < -0.39 is 18.0 Å². The van der Waals surface area contributed by atoms with E-state index in [9.17, 15) is 24.6 Å². The number of carbonyl (C=O) groups is 3. The molecule has 2 amide bonds. The van der Waals surface area contributed by atoms with Gasteiger partial charge < -0.3 is 30.9 Å². The van der Waals surface area contributed by atoms with E-state index in [0.29, 0.717) is 12.2 Å². The van der Waals surface area contributed by atoms with Crippen molar-refractivity contribution in [2.75, 3.05) is 31.2 Å². The third kappa shape index (κ3) is 5.22. The van der Waals surface area contributed by atoms with Gasteiger partial charge >= 0.3 is 5.97 Å². The molecule has 6 atom stereocenters. The van der Waals surface area contributed by atoms with E-state index in [1.54, 1.807) is 30.4 Å². The van der Waals surface area contributed by atoms with Crippen LogP contribution in [-0.2, 0) is 14.4 Å². The molecule has 0 saturated carbocycles. The van der Waals surface area contributed by atoms with Crippen LogP contribution in [0.3, 0.4) is 0 Å². The van der Waals surface area contributed by atoms with E-state index in [-0.39, 0.29) is 53.9 Å². The minimum absolute atomic E-state index is 0.0606. The summed E-state index contributed by atoms with van der Waals surface area (Å²) in [6.45, 7) is 4.50. The van der Waals surface area contributed by atoms with Gasteiger partial charge in [0.15, 0.2) is 0 Å². The Hall–Kier alpha value is -1.27. The smallest absolute Gasteiger partial charge is 0.353 e. The highest BCUT2D eigenvalue weighted by atomic mass is 32.2. The number of rotatable bonds is 11. The number of aliphatic carboxylic acids is 1. The molecule has 0 bridgehead atoms. The van der Waals surface area contributed by atoms with Gasteiger partial charge in [-0.2, -0.15) is 11.8 Å². The summed E-state index contributed by atoms with van der Waals surface area (Å²) in [6.07, 6.45) is 0.504. The average molecular weight is 474 g/mol. The molecule has 9 nitrogen and oxygen atoms in total. The van der Waals surface area contributed by atoms with Crippen molar-refractivity contribution in [1.29, 1.82) is 0 Å². The van der Waals surface area contributed by atoms with E-state index in [4.69, 9.17) is 5.11 Å². The van der Waals surface area contributed by atoms with Crippen molar-refractivity contribution < 1.29 is 29.7 Å². The Morgan fingerprint density at radius 1 is 1.39 bits per heavy atom. The number of hydrogen-bond donors (Lipinski definition) is 5. The number of aliphatic hydroxyl groups is 2. The maximum atomic E-state index is 12.4. The number of thioether (sulfide) groups is 2. The number of carboxylic acid groups (broad SMARTS) is 1. The van der Waals surface area contributed by atoms with E-state index >= 15 is 0 Å². The number of carboxylic acids is 1. The van der Waals surface area contributed by atoms with Crippen molar-refractivity contribution in [3.05, 3.63) is 10.6 Å². The molecule has 2 saturated heterocycles. The van der Waals surface area contributed by atoms with Crippen molar-refractivity contribution in [3.8, 4) is 0 Å². The predicted octanol–water partition coefficient (Wildman–Crippen LogP) is -0.164. The lowest BCUT2D eigenvalue weighted by Gasteiger charge is -2.46. The molecule has 0 spiro atoms. The third-order valence-corrected chi connectivity index (χ3v) is 8.66. The van der Waals surface area contributed by atoms with E-state index in [0.717, 1.165) is 23.6 Å². The standard InChI is InChI=1S/C20H31N3O6S2/c1-10-16-15(11(2)25)19(27)23(16)17(20(28)29)18(10)31-13-7-12(22-8-13)9-30-6-3-14(26)21-4-5-24/h10-13,15-16,22,24-25H,3-9H2,1-2H3,(H,21,26)(H,28,29)/t10-,11-,12+,13+,15-,16-/m1/s1. The SMILES string of the molecule is C[C@@H](O)[C@H]1C(=O)N2C(C(=O)O)=C(S[C@@H]3CN[C@H](CSCCC(=O)NCCO)C3)[C@H](C)[C@H]12. The first-order valence-corrected chi connectivity index (χ1v) is 12.6. The van der Waals surface area contributed by atoms with Crippen molar-refractivity contribution in [1.82, 2.24) is 15.5 Å². The fourth-order valence-electron chi connectivity index (χ4n) is 4.53. The second kappa shape index (κ2) is 10.6.